The zero-order valence-electron chi connectivity index (χ0n) is 11.6. The van der Waals surface area contributed by atoms with E-state index in [2.05, 4.69) is 24.3 Å². The van der Waals surface area contributed by atoms with Gasteiger partial charge >= 0.3 is 5.97 Å². The number of hydrogen-bond acceptors (Lipinski definition) is 4. The highest BCUT2D eigenvalue weighted by atomic mass is 16.5. The second-order valence-corrected chi connectivity index (χ2v) is 5.17. The topological polar surface area (TPSA) is 41.6 Å². The number of esters is 1. The molecule has 0 aromatic rings. The molecule has 100 valence electrons. The van der Waals surface area contributed by atoms with Crippen LogP contribution in [0.3, 0.4) is 0 Å². The summed E-state index contributed by atoms with van der Waals surface area (Å²) in [7, 11) is 5.63. The minimum Gasteiger partial charge on any atom is -0.468 e. The van der Waals surface area contributed by atoms with Crippen LogP contribution in [-0.4, -0.2) is 50.7 Å². The Labute approximate surface area is 105 Å². The number of rotatable bonds is 6. The van der Waals surface area contributed by atoms with Crippen LogP contribution < -0.4 is 5.32 Å². The van der Waals surface area contributed by atoms with Crippen molar-refractivity contribution in [3.63, 3.8) is 0 Å². The van der Waals surface area contributed by atoms with Crippen LogP contribution >= 0.6 is 0 Å². The van der Waals surface area contributed by atoms with Crippen LogP contribution in [0.15, 0.2) is 0 Å². The van der Waals surface area contributed by atoms with Crippen LogP contribution in [0.1, 0.15) is 32.6 Å². The van der Waals surface area contributed by atoms with Crippen molar-refractivity contribution in [2.24, 2.45) is 5.92 Å². The van der Waals surface area contributed by atoms with Gasteiger partial charge in [-0.3, -0.25) is 4.79 Å². The van der Waals surface area contributed by atoms with E-state index < -0.39 is 5.54 Å². The molecule has 0 radical (unpaired) electrons. The molecule has 1 saturated carbocycles. The summed E-state index contributed by atoms with van der Waals surface area (Å²) >= 11 is 0. The summed E-state index contributed by atoms with van der Waals surface area (Å²) in [5.74, 6) is 0.318. The van der Waals surface area contributed by atoms with E-state index in [1.165, 1.54) is 7.11 Å². The molecule has 1 aliphatic rings. The largest absolute Gasteiger partial charge is 0.468 e. The molecule has 0 aromatic carbocycles. The fourth-order valence-electron chi connectivity index (χ4n) is 2.95. The molecule has 1 fully saturated rings. The molecule has 0 saturated heterocycles. The predicted molar refractivity (Wildman–Crippen MR) is 68.9 cm³/mol. The predicted octanol–water partition coefficient (Wildman–Crippen LogP) is 1.26. The Hall–Kier alpha value is -0.610. The number of methoxy groups -OCH3 is 1. The molecule has 1 N–H and O–H groups in total. The van der Waals surface area contributed by atoms with Crippen LogP contribution in [0.4, 0.5) is 0 Å². The first kappa shape index (κ1) is 14.5. The summed E-state index contributed by atoms with van der Waals surface area (Å²) in [5, 5.41) is 3.39. The van der Waals surface area contributed by atoms with Crippen LogP contribution in [0.2, 0.25) is 0 Å². The molecule has 0 bridgehead atoms. The van der Waals surface area contributed by atoms with Crippen molar-refractivity contribution < 1.29 is 9.53 Å². The Morgan fingerprint density at radius 2 is 2.24 bits per heavy atom. The van der Waals surface area contributed by atoms with E-state index in [4.69, 9.17) is 4.74 Å². The fourth-order valence-corrected chi connectivity index (χ4v) is 2.95. The van der Waals surface area contributed by atoms with E-state index in [0.29, 0.717) is 5.92 Å². The average molecular weight is 242 g/mol. The number of likely N-dealkylation sites (N-methyl/N-ethyl adjacent to an activating group) is 1. The lowest BCUT2D eigenvalue weighted by molar-refractivity contribution is -0.150. The van der Waals surface area contributed by atoms with Gasteiger partial charge in [0.1, 0.15) is 5.54 Å². The maximum absolute atomic E-state index is 12.1. The van der Waals surface area contributed by atoms with E-state index in [-0.39, 0.29) is 5.97 Å². The fraction of sp³-hybridized carbons (Fsp3) is 0.923. The molecule has 0 spiro atoms. The highest BCUT2D eigenvalue weighted by molar-refractivity contribution is 5.81. The lowest BCUT2D eigenvalue weighted by atomic mass is 9.84. The highest BCUT2D eigenvalue weighted by Crippen LogP contribution is 2.38. The quantitative estimate of drug-likeness (QED) is 0.712. The molecule has 0 aromatic heterocycles. The van der Waals surface area contributed by atoms with Crippen molar-refractivity contribution >= 4 is 5.97 Å². The Bertz CT molecular complexity index is 256. The molecular weight excluding hydrogens is 216 g/mol. The first-order valence-corrected chi connectivity index (χ1v) is 6.55. The second-order valence-electron chi connectivity index (χ2n) is 5.17. The third kappa shape index (κ3) is 3.19. The van der Waals surface area contributed by atoms with Crippen LogP contribution in [-0.2, 0) is 9.53 Å². The minimum absolute atomic E-state index is 0.0828. The summed E-state index contributed by atoms with van der Waals surface area (Å²) < 4.78 is 5.01. The molecular formula is C13H26N2O2. The van der Waals surface area contributed by atoms with E-state index in [9.17, 15) is 4.79 Å². The summed E-state index contributed by atoms with van der Waals surface area (Å²) in [5.41, 5.74) is -0.431. The lowest BCUT2D eigenvalue weighted by Gasteiger charge is -2.34. The maximum atomic E-state index is 12.1. The maximum Gasteiger partial charge on any atom is 0.326 e. The van der Waals surface area contributed by atoms with Crippen molar-refractivity contribution in [1.29, 1.82) is 0 Å². The Balaban J connectivity index is 2.75. The van der Waals surface area contributed by atoms with Crippen LogP contribution in [0, 0.1) is 5.92 Å². The van der Waals surface area contributed by atoms with Gasteiger partial charge in [0.05, 0.1) is 7.11 Å². The second kappa shape index (κ2) is 6.36. The normalized spacial score (nSPS) is 28.6. The monoisotopic (exact) mass is 242 g/mol. The molecule has 0 amide bonds. The van der Waals surface area contributed by atoms with Crippen LogP contribution in [0.5, 0.6) is 0 Å². The summed E-state index contributed by atoms with van der Waals surface area (Å²) in [4.78, 5) is 14.3. The minimum atomic E-state index is -0.431. The number of carbonyl (C=O) groups is 1. The summed E-state index contributed by atoms with van der Waals surface area (Å²) in [6.45, 7) is 3.88. The van der Waals surface area contributed by atoms with Gasteiger partial charge in [0.2, 0.25) is 0 Å². The third-order valence-corrected chi connectivity index (χ3v) is 3.79. The van der Waals surface area contributed by atoms with Gasteiger partial charge in [0.25, 0.3) is 0 Å². The van der Waals surface area contributed by atoms with Crippen molar-refractivity contribution in [3.8, 4) is 0 Å². The molecule has 2 unspecified atom stereocenters. The number of nitrogens with one attached hydrogen (secondary N) is 1. The van der Waals surface area contributed by atoms with E-state index >= 15 is 0 Å². The van der Waals surface area contributed by atoms with Crippen LogP contribution in [0.25, 0.3) is 0 Å². The number of ether oxygens (including phenoxy) is 1. The van der Waals surface area contributed by atoms with Crippen molar-refractivity contribution in [2.45, 2.75) is 38.1 Å². The van der Waals surface area contributed by atoms with Crippen molar-refractivity contribution in [2.75, 3.05) is 34.3 Å². The average Bonchev–Trinajstić information content (AvgIpc) is 2.70. The van der Waals surface area contributed by atoms with Gasteiger partial charge in [-0.05, 0) is 52.4 Å². The third-order valence-electron chi connectivity index (χ3n) is 3.79. The Kier molecular flexibility index (Phi) is 5.40. The first-order chi connectivity index (χ1) is 8.06. The summed E-state index contributed by atoms with van der Waals surface area (Å²) in [6.07, 6.45) is 4.19. The zero-order chi connectivity index (χ0) is 12.9. The highest BCUT2D eigenvalue weighted by Gasteiger charge is 2.48. The van der Waals surface area contributed by atoms with E-state index in [0.717, 1.165) is 38.8 Å². The number of nitrogens with zero attached hydrogens (tertiary/aromatic N) is 1. The van der Waals surface area contributed by atoms with Gasteiger partial charge in [0, 0.05) is 0 Å². The molecule has 0 heterocycles. The zero-order valence-corrected chi connectivity index (χ0v) is 11.6. The lowest BCUT2D eigenvalue weighted by Crippen LogP contribution is -2.55. The smallest absolute Gasteiger partial charge is 0.326 e. The molecule has 2 atom stereocenters. The van der Waals surface area contributed by atoms with E-state index in [1.807, 2.05) is 6.92 Å². The van der Waals surface area contributed by atoms with Gasteiger partial charge < -0.3 is 15.0 Å². The molecule has 17 heavy (non-hydrogen) atoms. The molecule has 4 nitrogen and oxygen atoms in total. The number of carbonyl (C=O) groups excluding carboxylic acids is 1. The Morgan fingerprint density at radius 3 is 2.76 bits per heavy atom. The van der Waals surface area contributed by atoms with Gasteiger partial charge in [-0.25, -0.2) is 0 Å². The molecule has 4 heteroatoms. The van der Waals surface area contributed by atoms with Gasteiger partial charge in [-0.1, -0.05) is 13.3 Å². The number of hydrogen-bond donors (Lipinski definition) is 1. The van der Waals surface area contributed by atoms with E-state index in [1.54, 1.807) is 0 Å². The Morgan fingerprint density at radius 1 is 1.53 bits per heavy atom. The van der Waals surface area contributed by atoms with Crippen molar-refractivity contribution in [3.05, 3.63) is 0 Å². The molecule has 1 rings (SSSR count). The van der Waals surface area contributed by atoms with Gasteiger partial charge in [0.15, 0.2) is 0 Å². The molecule has 1 aliphatic carbocycles. The standard InChI is InChI=1S/C13H26N2O2/c1-5-14-13(12(16)17-4)9-6-7-11(13)8-10-15(2)3/h11,14H,5-10H2,1-4H3. The SMILES string of the molecule is CCNC1(C(=O)OC)CCCC1CCN(C)C. The van der Waals surface area contributed by atoms with Crippen molar-refractivity contribution in [1.82, 2.24) is 10.2 Å². The van der Waals surface area contributed by atoms with Gasteiger partial charge in [-0.2, -0.15) is 0 Å². The van der Waals surface area contributed by atoms with Gasteiger partial charge in [-0.15, -0.1) is 0 Å². The first-order valence-electron chi connectivity index (χ1n) is 6.55. The molecule has 0 aliphatic heterocycles. The summed E-state index contributed by atoms with van der Waals surface area (Å²) in [6, 6.07) is 0.